The fraction of sp³-hybridized carbons (Fsp3) is 0.667. The Kier molecular flexibility index (Phi) is 10.7. The SMILES string of the molecule is CC(C)(C)C.CC(C)OCCn1c(=S)n(COC(=O)C(C)(C)C)c(=O)c2c1ccn2COC=O. The molecule has 0 radical (unpaired) electrons. The average molecular weight is 498 g/mol. The lowest BCUT2D eigenvalue weighted by Gasteiger charge is -2.19. The summed E-state index contributed by atoms with van der Waals surface area (Å²) in [7, 11) is 0. The van der Waals surface area contributed by atoms with Gasteiger partial charge in [-0.05, 0) is 58.3 Å². The molecule has 192 valence electrons. The number of carbonyl (C=O) groups excluding carboxylic acids is 2. The molecule has 0 aromatic carbocycles. The van der Waals surface area contributed by atoms with Crippen molar-refractivity contribution in [3.63, 3.8) is 0 Å². The monoisotopic (exact) mass is 497 g/mol. The van der Waals surface area contributed by atoms with Gasteiger partial charge in [0.15, 0.2) is 18.2 Å². The van der Waals surface area contributed by atoms with E-state index in [9.17, 15) is 14.4 Å². The summed E-state index contributed by atoms with van der Waals surface area (Å²) in [6.45, 7) is 18.4. The number of aromatic nitrogens is 3. The standard InChI is InChI=1S/C19H27N3O6S.C5H12/c1-13(2)27-9-8-21-14-6-7-20(10-26-12-23)15(14)16(24)22(18(21)29)11-28-17(25)19(3,4)5;1-5(2,3)4/h6-7,12-13H,8-11H2,1-5H3;1-4H3. The first kappa shape index (κ1) is 29.6. The lowest BCUT2D eigenvalue weighted by molar-refractivity contribution is -0.157. The van der Waals surface area contributed by atoms with Gasteiger partial charge in [0.1, 0.15) is 5.52 Å². The lowest BCUT2D eigenvalue weighted by atomic mass is 9.98. The predicted molar refractivity (Wildman–Crippen MR) is 134 cm³/mol. The number of carbonyl (C=O) groups is 2. The first-order chi connectivity index (χ1) is 15.6. The minimum atomic E-state index is -0.714. The van der Waals surface area contributed by atoms with E-state index in [4.69, 9.17) is 26.4 Å². The van der Waals surface area contributed by atoms with E-state index in [1.165, 1.54) is 9.13 Å². The van der Waals surface area contributed by atoms with Gasteiger partial charge < -0.3 is 23.3 Å². The smallest absolute Gasteiger partial charge is 0.312 e. The van der Waals surface area contributed by atoms with Gasteiger partial charge in [0, 0.05) is 12.7 Å². The molecule has 9 nitrogen and oxygen atoms in total. The van der Waals surface area contributed by atoms with Gasteiger partial charge in [-0.25, -0.2) is 4.57 Å². The highest BCUT2D eigenvalue weighted by Gasteiger charge is 2.24. The zero-order valence-electron chi connectivity index (χ0n) is 21.8. The van der Waals surface area contributed by atoms with Crippen LogP contribution < -0.4 is 5.56 Å². The summed E-state index contributed by atoms with van der Waals surface area (Å²) >= 11 is 5.51. The number of rotatable bonds is 9. The largest absolute Gasteiger partial charge is 0.446 e. The molecule has 0 aliphatic heterocycles. The number of fused-ring (bicyclic) bond motifs is 1. The second kappa shape index (κ2) is 12.3. The van der Waals surface area contributed by atoms with E-state index >= 15 is 0 Å². The van der Waals surface area contributed by atoms with Crippen LogP contribution in [0, 0.1) is 15.6 Å². The quantitative estimate of drug-likeness (QED) is 0.286. The van der Waals surface area contributed by atoms with Gasteiger partial charge in [0.05, 0.1) is 23.6 Å². The summed E-state index contributed by atoms with van der Waals surface area (Å²) < 4.78 is 20.4. The van der Waals surface area contributed by atoms with Crippen molar-refractivity contribution in [2.24, 2.45) is 10.8 Å². The molecule has 0 N–H and O–H groups in total. The van der Waals surface area contributed by atoms with E-state index in [1.807, 2.05) is 13.8 Å². The van der Waals surface area contributed by atoms with Crippen LogP contribution in [0.25, 0.3) is 11.0 Å². The molecule has 0 saturated carbocycles. The fourth-order valence-electron chi connectivity index (χ4n) is 2.64. The number of ether oxygens (including phenoxy) is 3. The average Bonchev–Trinajstić information content (AvgIpc) is 3.10. The highest BCUT2D eigenvalue weighted by atomic mass is 32.1. The third-order valence-corrected chi connectivity index (χ3v) is 4.57. The molecule has 34 heavy (non-hydrogen) atoms. The topological polar surface area (TPSA) is 93.7 Å². The molecule has 10 heteroatoms. The van der Waals surface area contributed by atoms with E-state index in [1.54, 1.807) is 37.6 Å². The number of hydrogen-bond acceptors (Lipinski definition) is 7. The molecular weight excluding hydrogens is 458 g/mol. The molecule has 0 aliphatic rings. The maximum Gasteiger partial charge on any atom is 0.312 e. The highest BCUT2D eigenvalue weighted by Crippen LogP contribution is 2.17. The molecule has 2 aromatic rings. The van der Waals surface area contributed by atoms with Crippen molar-refractivity contribution >= 4 is 35.7 Å². The van der Waals surface area contributed by atoms with Crippen LogP contribution in [0.2, 0.25) is 0 Å². The van der Waals surface area contributed by atoms with Crippen LogP contribution in [-0.4, -0.2) is 38.9 Å². The van der Waals surface area contributed by atoms with Crippen molar-refractivity contribution in [1.29, 1.82) is 0 Å². The Labute approximate surface area is 206 Å². The van der Waals surface area contributed by atoms with Crippen molar-refractivity contribution in [1.82, 2.24) is 13.7 Å². The van der Waals surface area contributed by atoms with Gasteiger partial charge in [-0.1, -0.05) is 27.7 Å². The molecule has 0 aliphatic carbocycles. The molecule has 0 atom stereocenters. The van der Waals surface area contributed by atoms with Crippen LogP contribution in [0.3, 0.4) is 0 Å². The van der Waals surface area contributed by atoms with Crippen molar-refractivity contribution in [2.45, 2.75) is 88.4 Å². The summed E-state index contributed by atoms with van der Waals surface area (Å²) in [4.78, 5) is 35.8. The summed E-state index contributed by atoms with van der Waals surface area (Å²) in [5, 5.41) is 0. The number of esters is 1. The van der Waals surface area contributed by atoms with E-state index < -0.39 is 16.9 Å². The maximum atomic E-state index is 13.1. The third kappa shape index (κ3) is 9.06. The predicted octanol–water partition coefficient (Wildman–Crippen LogP) is 4.49. The zero-order chi connectivity index (χ0) is 26.3. The van der Waals surface area contributed by atoms with Crippen LogP contribution in [0.1, 0.15) is 62.3 Å². The second-order valence-electron chi connectivity index (χ2n) is 10.8. The van der Waals surface area contributed by atoms with E-state index in [-0.39, 0.29) is 29.9 Å². The Morgan fingerprint density at radius 1 is 1.09 bits per heavy atom. The molecule has 2 heterocycles. The van der Waals surface area contributed by atoms with Gasteiger partial charge >= 0.3 is 5.97 Å². The molecule has 2 rings (SSSR count). The Morgan fingerprint density at radius 3 is 2.18 bits per heavy atom. The van der Waals surface area contributed by atoms with Crippen LogP contribution >= 0.6 is 12.2 Å². The first-order valence-corrected chi connectivity index (χ1v) is 11.6. The summed E-state index contributed by atoms with van der Waals surface area (Å²) in [6, 6.07) is 1.72. The minimum absolute atomic E-state index is 0.0453. The molecule has 0 unspecified atom stereocenters. The first-order valence-electron chi connectivity index (χ1n) is 11.2. The highest BCUT2D eigenvalue weighted by molar-refractivity contribution is 7.71. The Bertz CT molecular complexity index is 1080. The van der Waals surface area contributed by atoms with Crippen molar-refractivity contribution in [2.75, 3.05) is 6.61 Å². The van der Waals surface area contributed by atoms with E-state index in [0.717, 1.165) is 0 Å². The summed E-state index contributed by atoms with van der Waals surface area (Å²) in [6.07, 6.45) is 1.68. The molecule has 0 amide bonds. The molecule has 0 saturated heterocycles. The van der Waals surface area contributed by atoms with Gasteiger partial charge in [-0.3, -0.25) is 14.4 Å². The molecule has 0 spiro atoms. The fourth-order valence-corrected chi connectivity index (χ4v) is 2.97. The van der Waals surface area contributed by atoms with Gasteiger partial charge in [0.2, 0.25) is 0 Å². The third-order valence-electron chi connectivity index (χ3n) is 4.13. The second-order valence-corrected chi connectivity index (χ2v) is 11.2. The molecule has 0 fully saturated rings. The lowest BCUT2D eigenvalue weighted by Crippen LogP contribution is -2.31. The van der Waals surface area contributed by atoms with Crippen LogP contribution in [0.4, 0.5) is 0 Å². The molecule has 0 bridgehead atoms. The van der Waals surface area contributed by atoms with Gasteiger partial charge in [-0.15, -0.1) is 0 Å². The summed E-state index contributed by atoms with van der Waals surface area (Å²) in [5.74, 6) is -0.451. The maximum absolute atomic E-state index is 13.1. The van der Waals surface area contributed by atoms with E-state index in [2.05, 4.69) is 27.7 Å². The molecule has 2 aromatic heterocycles. The van der Waals surface area contributed by atoms with Crippen molar-refractivity contribution < 1.29 is 23.8 Å². The Hall–Kier alpha value is -2.46. The Morgan fingerprint density at radius 2 is 1.68 bits per heavy atom. The normalized spacial score (nSPS) is 11.8. The molecular formula is C24H39N3O6S. The van der Waals surface area contributed by atoms with Crippen LogP contribution in [0.15, 0.2) is 17.1 Å². The van der Waals surface area contributed by atoms with Crippen LogP contribution in [0.5, 0.6) is 0 Å². The van der Waals surface area contributed by atoms with Crippen molar-refractivity contribution in [3.8, 4) is 0 Å². The zero-order valence-corrected chi connectivity index (χ0v) is 22.7. The number of nitrogens with zero attached hydrogens (tertiary/aromatic N) is 3. The summed E-state index contributed by atoms with van der Waals surface area (Å²) in [5.41, 5.74) is 0.221. The van der Waals surface area contributed by atoms with Gasteiger partial charge in [-0.2, -0.15) is 0 Å². The van der Waals surface area contributed by atoms with Gasteiger partial charge in [0.25, 0.3) is 12.0 Å². The number of hydrogen-bond donors (Lipinski definition) is 0. The van der Waals surface area contributed by atoms with Crippen LogP contribution in [-0.2, 0) is 43.8 Å². The van der Waals surface area contributed by atoms with E-state index in [0.29, 0.717) is 30.6 Å². The minimum Gasteiger partial charge on any atom is -0.446 e. The van der Waals surface area contributed by atoms with Crippen molar-refractivity contribution in [3.05, 3.63) is 27.4 Å². The Balaban J connectivity index is 0.00000104.